The first-order valence-corrected chi connectivity index (χ1v) is 5.35. The van der Waals surface area contributed by atoms with Gasteiger partial charge in [-0.05, 0) is 18.9 Å². The molecule has 1 amide bonds. The van der Waals surface area contributed by atoms with Crippen molar-refractivity contribution in [3.8, 4) is 0 Å². The highest BCUT2D eigenvalue weighted by Crippen LogP contribution is 2.18. The van der Waals surface area contributed by atoms with E-state index in [0.717, 1.165) is 25.9 Å². The van der Waals surface area contributed by atoms with Gasteiger partial charge in [0, 0.05) is 26.3 Å². The predicted molar refractivity (Wildman–Crippen MR) is 58.9 cm³/mol. The van der Waals surface area contributed by atoms with Crippen LogP contribution in [0.15, 0.2) is 12.3 Å². The molecule has 0 unspecified atom stereocenters. The second kappa shape index (κ2) is 4.47. The first-order chi connectivity index (χ1) is 7.74. The Balaban J connectivity index is 2.29. The molecule has 0 spiro atoms. The van der Waals surface area contributed by atoms with Crippen molar-refractivity contribution < 1.29 is 9.18 Å². The van der Waals surface area contributed by atoms with E-state index in [2.05, 4.69) is 10.3 Å². The van der Waals surface area contributed by atoms with E-state index in [1.165, 1.54) is 12.3 Å². The van der Waals surface area contributed by atoms with Crippen LogP contribution in [0.5, 0.6) is 0 Å². The van der Waals surface area contributed by atoms with Crippen molar-refractivity contribution in [2.24, 2.45) is 0 Å². The lowest BCUT2D eigenvalue weighted by Gasteiger charge is -2.16. The Labute approximate surface area is 93.5 Å². The normalized spacial score (nSPS) is 15.2. The zero-order valence-corrected chi connectivity index (χ0v) is 9.16. The molecule has 5 heteroatoms. The maximum atomic E-state index is 13.8. The molecule has 1 saturated heterocycles. The van der Waals surface area contributed by atoms with Crippen molar-refractivity contribution >= 4 is 11.7 Å². The molecule has 1 fully saturated rings. The molecule has 4 nitrogen and oxygen atoms in total. The molecule has 2 rings (SSSR count). The molecule has 1 aromatic heterocycles. The third kappa shape index (κ3) is 1.85. The van der Waals surface area contributed by atoms with Crippen molar-refractivity contribution in [2.75, 3.05) is 25.5 Å². The van der Waals surface area contributed by atoms with Gasteiger partial charge in [0.1, 0.15) is 0 Å². The molecule has 1 aliphatic rings. The summed E-state index contributed by atoms with van der Waals surface area (Å²) in [7, 11) is 1.58. The van der Waals surface area contributed by atoms with Crippen molar-refractivity contribution in [3.63, 3.8) is 0 Å². The minimum absolute atomic E-state index is 0.0984. The number of halogens is 1. The van der Waals surface area contributed by atoms with Crippen molar-refractivity contribution in [1.29, 1.82) is 0 Å². The number of hydrogen-bond acceptors (Lipinski definition) is 3. The first kappa shape index (κ1) is 10.9. The minimum Gasteiger partial charge on any atom is -0.371 e. The van der Waals surface area contributed by atoms with Gasteiger partial charge in [-0.15, -0.1) is 0 Å². The number of pyridine rings is 1. The summed E-state index contributed by atoms with van der Waals surface area (Å²) >= 11 is 0. The molecular weight excluding hydrogens is 209 g/mol. The van der Waals surface area contributed by atoms with Crippen LogP contribution in [0.4, 0.5) is 10.2 Å². The highest BCUT2D eigenvalue weighted by atomic mass is 19.1. The monoisotopic (exact) mass is 223 g/mol. The molecule has 1 aromatic rings. The molecule has 86 valence electrons. The number of hydrogen-bond donors (Lipinski definition) is 1. The van der Waals surface area contributed by atoms with Crippen LogP contribution in [0.1, 0.15) is 23.2 Å². The van der Waals surface area contributed by atoms with Gasteiger partial charge >= 0.3 is 0 Å². The molecule has 0 aromatic carbocycles. The Morgan fingerprint density at radius 2 is 2.19 bits per heavy atom. The van der Waals surface area contributed by atoms with E-state index in [4.69, 9.17) is 0 Å². The van der Waals surface area contributed by atoms with Gasteiger partial charge in [-0.2, -0.15) is 0 Å². The summed E-state index contributed by atoms with van der Waals surface area (Å²) in [6.45, 7) is 1.44. The topological polar surface area (TPSA) is 45.2 Å². The number of carbonyl (C=O) groups is 1. The molecule has 0 saturated carbocycles. The van der Waals surface area contributed by atoms with E-state index in [9.17, 15) is 9.18 Å². The Kier molecular flexibility index (Phi) is 3.03. The highest BCUT2D eigenvalue weighted by Gasteiger charge is 2.23. The lowest BCUT2D eigenvalue weighted by Crippen LogP contribution is -2.28. The van der Waals surface area contributed by atoms with Gasteiger partial charge in [-0.1, -0.05) is 0 Å². The van der Waals surface area contributed by atoms with E-state index < -0.39 is 5.82 Å². The largest absolute Gasteiger partial charge is 0.371 e. The zero-order chi connectivity index (χ0) is 11.5. The quantitative estimate of drug-likeness (QED) is 0.826. The minimum atomic E-state index is -0.568. The predicted octanol–water partition coefficient (Wildman–Crippen LogP) is 1.50. The first-order valence-electron chi connectivity index (χ1n) is 5.35. The van der Waals surface area contributed by atoms with E-state index in [0.29, 0.717) is 0 Å². The van der Waals surface area contributed by atoms with Gasteiger partial charge in [0.15, 0.2) is 11.6 Å². The summed E-state index contributed by atoms with van der Waals surface area (Å²) in [5.41, 5.74) is 0.0984. The number of aromatic nitrogens is 1. The van der Waals surface area contributed by atoms with Crippen LogP contribution >= 0.6 is 0 Å². The van der Waals surface area contributed by atoms with Crippen LogP contribution in [0.3, 0.4) is 0 Å². The van der Waals surface area contributed by atoms with Crippen LogP contribution in [-0.2, 0) is 0 Å². The number of nitrogens with one attached hydrogen (secondary N) is 1. The van der Waals surface area contributed by atoms with Crippen LogP contribution < -0.4 is 5.32 Å². The highest BCUT2D eigenvalue weighted by molar-refractivity contribution is 5.95. The average molecular weight is 223 g/mol. The third-order valence-corrected chi connectivity index (χ3v) is 2.75. The molecule has 0 bridgehead atoms. The van der Waals surface area contributed by atoms with E-state index >= 15 is 0 Å². The lowest BCUT2D eigenvalue weighted by atomic mass is 10.2. The van der Waals surface area contributed by atoms with E-state index in [-0.39, 0.29) is 17.3 Å². The molecule has 2 heterocycles. The summed E-state index contributed by atoms with van der Waals surface area (Å²) in [5.74, 6) is -0.694. The number of rotatable bonds is 2. The third-order valence-electron chi connectivity index (χ3n) is 2.75. The van der Waals surface area contributed by atoms with E-state index in [1.54, 1.807) is 11.9 Å². The number of anilines is 1. The Bertz CT molecular complexity index is 402. The van der Waals surface area contributed by atoms with Crippen LogP contribution in [-0.4, -0.2) is 35.9 Å². The summed E-state index contributed by atoms with van der Waals surface area (Å²) in [5, 5.41) is 2.62. The van der Waals surface area contributed by atoms with Gasteiger partial charge in [0.2, 0.25) is 0 Å². The van der Waals surface area contributed by atoms with Gasteiger partial charge in [0.25, 0.3) is 5.91 Å². The maximum Gasteiger partial charge on any atom is 0.257 e. The van der Waals surface area contributed by atoms with Crippen molar-refractivity contribution in [2.45, 2.75) is 12.8 Å². The Hall–Kier alpha value is -1.65. The number of amides is 1. The van der Waals surface area contributed by atoms with E-state index in [1.807, 2.05) is 0 Å². The Morgan fingerprint density at radius 3 is 2.81 bits per heavy atom. The molecular formula is C11H14FN3O. The number of likely N-dealkylation sites (tertiary alicyclic amines) is 1. The van der Waals surface area contributed by atoms with Gasteiger partial charge < -0.3 is 10.2 Å². The second-order valence-corrected chi connectivity index (χ2v) is 3.77. The smallest absolute Gasteiger partial charge is 0.257 e. The fourth-order valence-electron chi connectivity index (χ4n) is 1.87. The standard InChI is InChI=1S/C11H14FN3O/c1-13-10-9(12)8(4-5-14-10)11(16)15-6-2-3-7-15/h4-5H,2-3,6-7H2,1H3,(H,13,14). The summed E-state index contributed by atoms with van der Waals surface area (Å²) in [4.78, 5) is 17.5. The van der Waals surface area contributed by atoms with Crippen molar-refractivity contribution in [3.05, 3.63) is 23.6 Å². The molecule has 1 aliphatic heterocycles. The van der Waals surface area contributed by atoms with Gasteiger partial charge in [0.05, 0.1) is 5.56 Å². The van der Waals surface area contributed by atoms with Gasteiger partial charge in [-0.3, -0.25) is 4.79 Å². The Morgan fingerprint density at radius 1 is 1.50 bits per heavy atom. The maximum absolute atomic E-state index is 13.8. The SMILES string of the molecule is CNc1nccc(C(=O)N2CCCC2)c1F. The fraction of sp³-hybridized carbons (Fsp3) is 0.455. The van der Waals surface area contributed by atoms with Crippen molar-refractivity contribution in [1.82, 2.24) is 9.88 Å². The number of carbonyl (C=O) groups excluding carboxylic acids is 1. The summed E-state index contributed by atoms with van der Waals surface area (Å²) in [6, 6.07) is 1.43. The second-order valence-electron chi connectivity index (χ2n) is 3.77. The van der Waals surface area contributed by atoms with Crippen LogP contribution in [0, 0.1) is 5.82 Å². The van der Waals surface area contributed by atoms with Crippen LogP contribution in [0.25, 0.3) is 0 Å². The molecule has 0 radical (unpaired) electrons. The molecule has 0 atom stereocenters. The van der Waals surface area contributed by atoms with Gasteiger partial charge in [-0.25, -0.2) is 9.37 Å². The molecule has 0 aliphatic carbocycles. The summed E-state index contributed by atoms with van der Waals surface area (Å²) < 4.78 is 13.8. The van der Waals surface area contributed by atoms with Crippen LogP contribution in [0.2, 0.25) is 0 Å². The fourth-order valence-corrected chi connectivity index (χ4v) is 1.87. The molecule has 1 N–H and O–H groups in total. The zero-order valence-electron chi connectivity index (χ0n) is 9.16. The average Bonchev–Trinajstić information content (AvgIpc) is 2.82. The number of nitrogens with zero attached hydrogens (tertiary/aromatic N) is 2. The lowest BCUT2D eigenvalue weighted by molar-refractivity contribution is 0.0788. The summed E-state index contributed by atoms with van der Waals surface area (Å²) in [6.07, 6.45) is 3.44. The molecule has 16 heavy (non-hydrogen) atoms.